The number of hydrogen-bond donors (Lipinski definition) is 0. The zero-order chi connectivity index (χ0) is 9.68. The van der Waals surface area contributed by atoms with Crippen molar-refractivity contribution in [2.24, 2.45) is 0 Å². The van der Waals surface area contributed by atoms with E-state index in [0.717, 1.165) is 11.3 Å². The summed E-state index contributed by atoms with van der Waals surface area (Å²) in [4.78, 5) is 10.6. The quantitative estimate of drug-likeness (QED) is 0.663. The van der Waals surface area contributed by atoms with Crippen molar-refractivity contribution in [2.75, 3.05) is 7.11 Å². The van der Waals surface area contributed by atoms with Gasteiger partial charge in [0.2, 0.25) is 0 Å². The SMILES string of the molecule is CC(=O)OCc1ccccc1O[11CH3]. The van der Waals surface area contributed by atoms with Gasteiger partial charge in [0.25, 0.3) is 0 Å². The second kappa shape index (κ2) is 4.50. The third-order valence-corrected chi connectivity index (χ3v) is 1.62. The van der Waals surface area contributed by atoms with Crippen LogP contribution in [0.3, 0.4) is 0 Å². The minimum atomic E-state index is -0.286. The van der Waals surface area contributed by atoms with E-state index in [9.17, 15) is 4.79 Å². The first-order valence-corrected chi connectivity index (χ1v) is 3.99. The maximum Gasteiger partial charge on any atom is 0.302 e. The minimum Gasteiger partial charge on any atom is -0.496 e. The summed E-state index contributed by atoms with van der Waals surface area (Å²) in [5.41, 5.74) is 0.875. The molecule has 0 aromatic heterocycles. The minimum absolute atomic E-state index is 0.263. The lowest BCUT2D eigenvalue weighted by molar-refractivity contribution is -0.142. The van der Waals surface area contributed by atoms with Gasteiger partial charge in [0, 0.05) is 12.5 Å². The van der Waals surface area contributed by atoms with Crippen LogP contribution in [0.2, 0.25) is 0 Å². The lowest BCUT2D eigenvalue weighted by Gasteiger charge is -2.07. The Hall–Kier alpha value is -1.51. The lowest BCUT2D eigenvalue weighted by atomic mass is 10.2. The number of benzene rings is 1. The van der Waals surface area contributed by atoms with Gasteiger partial charge in [0.15, 0.2) is 0 Å². The summed E-state index contributed by atoms with van der Waals surface area (Å²) in [5, 5.41) is 0. The van der Waals surface area contributed by atoms with Crippen molar-refractivity contribution in [1.82, 2.24) is 0 Å². The highest BCUT2D eigenvalue weighted by molar-refractivity contribution is 5.66. The fourth-order valence-electron chi connectivity index (χ4n) is 1.00. The molecule has 0 bridgehead atoms. The van der Waals surface area contributed by atoms with Crippen LogP contribution in [0.1, 0.15) is 12.5 Å². The van der Waals surface area contributed by atoms with Gasteiger partial charge in [-0.2, -0.15) is 0 Å². The summed E-state index contributed by atoms with van der Waals surface area (Å²) in [6.07, 6.45) is 0. The van der Waals surface area contributed by atoms with Crippen LogP contribution in [0.5, 0.6) is 5.75 Å². The monoisotopic (exact) mass is 179 g/mol. The predicted molar refractivity (Wildman–Crippen MR) is 48.5 cm³/mol. The molecule has 0 N–H and O–H groups in total. The number of rotatable bonds is 3. The Labute approximate surface area is 77.3 Å². The Balaban J connectivity index is 2.69. The predicted octanol–water partition coefficient (Wildman–Crippen LogP) is 1.76. The molecule has 0 aliphatic carbocycles. The Morgan fingerprint density at radius 2 is 2.08 bits per heavy atom. The first-order chi connectivity index (χ1) is 6.24. The molecule has 0 saturated heterocycles. The fraction of sp³-hybridized carbons (Fsp3) is 0.300. The van der Waals surface area contributed by atoms with Gasteiger partial charge in [-0.3, -0.25) is 4.79 Å². The van der Waals surface area contributed by atoms with E-state index in [1.165, 1.54) is 6.92 Å². The fourth-order valence-corrected chi connectivity index (χ4v) is 1.00. The smallest absolute Gasteiger partial charge is 0.302 e. The molecule has 13 heavy (non-hydrogen) atoms. The van der Waals surface area contributed by atoms with E-state index in [4.69, 9.17) is 9.47 Å². The number of hydrogen-bond acceptors (Lipinski definition) is 3. The van der Waals surface area contributed by atoms with Gasteiger partial charge in [-0.25, -0.2) is 0 Å². The summed E-state index contributed by atoms with van der Waals surface area (Å²) in [6, 6.07) is 7.44. The van der Waals surface area contributed by atoms with Crippen molar-refractivity contribution in [3.63, 3.8) is 0 Å². The molecule has 0 radical (unpaired) electrons. The van der Waals surface area contributed by atoms with Gasteiger partial charge in [-0.1, -0.05) is 18.2 Å². The molecule has 1 aromatic carbocycles. The number of ether oxygens (including phenoxy) is 2. The average Bonchev–Trinajstić information content (AvgIpc) is 2.15. The second-order valence-electron chi connectivity index (χ2n) is 2.59. The molecule has 0 heterocycles. The second-order valence-corrected chi connectivity index (χ2v) is 2.59. The van der Waals surface area contributed by atoms with E-state index >= 15 is 0 Å². The first-order valence-electron chi connectivity index (χ1n) is 3.99. The van der Waals surface area contributed by atoms with Crippen LogP contribution in [-0.4, -0.2) is 13.1 Å². The molecule has 0 fully saturated rings. The van der Waals surface area contributed by atoms with Crippen LogP contribution >= 0.6 is 0 Å². The standard InChI is InChI=1S/C10H12O3/c1-8(11)13-7-9-5-3-4-6-10(9)12-2/h3-6H,7H2,1-2H3/i2-1. The average molecular weight is 179 g/mol. The van der Waals surface area contributed by atoms with Crippen LogP contribution < -0.4 is 4.74 Å². The largest absolute Gasteiger partial charge is 0.496 e. The molecular weight excluding hydrogens is 167 g/mol. The Morgan fingerprint density at radius 1 is 1.38 bits per heavy atom. The highest BCUT2D eigenvalue weighted by Crippen LogP contribution is 2.17. The third-order valence-electron chi connectivity index (χ3n) is 1.62. The zero-order valence-corrected chi connectivity index (χ0v) is 7.74. The summed E-state index contributed by atoms with van der Waals surface area (Å²) in [7, 11) is 1.59. The van der Waals surface area contributed by atoms with Crippen molar-refractivity contribution >= 4 is 5.97 Å². The molecule has 1 rings (SSSR count). The van der Waals surface area contributed by atoms with Crippen LogP contribution in [-0.2, 0) is 16.1 Å². The molecule has 3 heteroatoms. The summed E-state index contributed by atoms with van der Waals surface area (Å²) in [6.45, 7) is 1.65. The van der Waals surface area contributed by atoms with E-state index < -0.39 is 0 Å². The zero-order valence-electron chi connectivity index (χ0n) is 7.74. The van der Waals surface area contributed by atoms with Crippen LogP contribution in [0, 0.1) is 0 Å². The number of methoxy groups -OCH3 is 1. The van der Waals surface area contributed by atoms with Crippen molar-refractivity contribution in [1.29, 1.82) is 0 Å². The summed E-state index contributed by atoms with van der Waals surface area (Å²) < 4.78 is 9.94. The molecule has 0 amide bonds. The number of carbonyl (C=O) groups excluding carboxylic acids is 1. The number of esters is 1. The summed E-state index contributed by atoms with van der Waals surface area (Å²) in [5.74, 6) is 0.453. The molecule has 0 unspecified atom stereocenters. The molecule has 70 valence electrons. The number of para-hydroxylation sites is 1. The van der Waals surface area contributed by atoms with Crippen LogP contribution in [0.4, 0.5) is 0 Å². The first kappa shape index (κ1) is 9.58. The van der Waals surface area contributed by atoms with Gasteiger partial charge in [0.05, 0.1) is 7.11 Å². The molecule has 3 nitrogen and oxygen atoms in total. The molecule has 0 saturated carbocycles. The topological polar surface area (TPSA) is 35.5 Å². The molecular formula is C10H12O3. The maximum absolute atomic E-state index is 10.6. The highest BCUT2D eigenvalue weighted by atomic mass is 16.5. The molecule has 0 aliphatic heterocycles. The van der Waals surface area contributed by atoms with Gasteiger partial charge >= 0.3 is 5.97 Å². The van der Waals surface area contributed by atoms with Crippen molar-refractivity contribution in [3.05, 3.63) is 29.8 Å². The van der Waals surface area contributed by atoms with Gasteiger partial charge in [0.1, 0.15) is 12.4 Å². The van der Waals surface area contributed by atoms with Crippen molar-refractivity contribution in [2.45, 2.75) is 13.5 Å². The van der Waals surface area contributed by atoms with Gasteiger partial charge in [-0.05, 0) is 6.07 Å². The molecule has 0 spiro atoms. The van der Waals surface area contributed by atoms with E-state index in [-0.39, 0.29) is 12.6 Å². The van der Waals surface area contributed by atoms with E-state index in [1.54, 1.807) is 7.11 Å². The van der Waals surface area contributed by atoms with Gasteiger partial charge < -0.3 is 9.47 Å². The maximum atomic E-state index is 10.6. The molecule has 1 aromatic rings. The Morgan fingerprint density at radius 3 is 2.69 bits per heavy atom. The Bertz CT molecular complexity index is 294. The number of carbonyl (C=O) groups is 1. The molecule has 0 aliphatic rings. The lowest BCUT2D eigenvalue weighted by Crippen LogP contribution is -2.00. The van der Waals surface area contributed by atoms with E-state index in [0.29, 0.717) is 0 Å². The van der Waals surface area contributed by atoms with E-state index in [2.05, 4.69) is 0 Å². The molecule has 0 atom stereocenters. The van der Waals surface area contributed by atoms with E-state index in [1.807, 2.05) is 24.3 Å². The van der Waals surface area contributed by atoms with Crippen molar-refractivity contribution < 1.29 is 14.3 Å². The van der Waals surface area contributed by atoms with Crippen LogP contribution in [0.15, 0.2) is 24.3 Å². The summed E-state index contributed by atoms with van der Waals surface area (Å²) >= 11 is 0. The highest BCUT2D eigenvalue weighted by Gasteiger charge is 2.02. The van der Waals surface area contributed by atoms with Crippen molar-refractivity contribution in [3.8, 4) is 5.75 Å². The van der Waals surface area contributed by atoms with Gasteiger partial charge in [-0.15, -0.1) is 0 Å². The normalized spacial score (nSPS) is 9.38. The third kappa shape index (κ3) is 2.78. The van der Waals surface area contributed by atoms with Crippen LogP contribution in [0.25, 0.3) is 0 Å². The Kier molecular flexibility index (Phi) is 3.31.